The van der Waals surface area contributed by atoms with E-state index in [0.29, 0.717) is 0 Å². The van der Waals surface area contributed by atoms with Gasteiger partial charge in [-0.05, 0) is 6.42 Å². The number of hydrogen-bond donors (Lipinski definition) is 1. The minimum absolute atomic E-state index is 0.893. The van der Waals surface area contributed by atoms with Crippen molar-refractivity contribution in [1.82, 2.24) is 10.2 Å². The summed E-state index contributed by atoms with van der Waals surface area (Å²) in [6.07, 6.45) is 1.17. The molecule has 0 bridgehead atoms. The summed E-state index contributed by atoms with van der Waals surface area (Å²) in [5.74, 6) is 1.13. The van der Waals surface area contributed by atoms with Crippen molar-refractivity contribution in [3.8, 4) is 0 Å². The Kier molecular flexibility index (Phi) is 4.76. The van der Waals surface area contributed by atoms with E-state index in [9.17, 15) is 0 Å². The molecule has 0 aromatic rings. The van der Waals surface area contributed by atoms with Crippen LogP contribution in [-0.2, 0) is 4.74 Å². The third-order valence-corrected chi connectivity index (χ3v) is 3.55. The molecule has 2 rings (SSSR count). The number of rotatable bonds is 3. The van der Waals surface area contributed by atoms with E-state index in [1.54, 1.807) is 0 Å². The molecule has 1 saturated heterocycles. The standard InChI is InChI=1S/C10H19N3OS/c1-2-11-10(12-3-1)15-9-6-13-4-7-14-8-5-13/h1-9H2,(H,11,12). The van der Waals surface area contributed by atoms with Crippen molar-refractivity contribution in [3.05, 3.63) is 0 Å². The molecule has 2 aliphatic heterocycles. The highest BCUT2D eigenvalue weighted by Gasteiger charge is 2.10. The van der Waals surface area contributed by atoms with E-state index < -0.39 is 0 Å². The molecule has 0 aromatic carbocycles. The van der Waals surface area contributed by atoms with Crippen molar-refractivity contribution < 1.29 is 4.74 Å². The summed E-state index contributed by atoms with van der Waals surface area (Å²) in [5.41, 5.74) is 0. The molecule has 0 spiro atoms. The third kappa shape index (κ3) is 4.01. The zero-order valence-electron chi connectivity index (χ0n) is 9.07. The third-order valence-electron chi connectivity index (χ3n) is 2.62. The lowest BCUT2D eigenvalue weighted by atomic mass is 10.4. The molecular formula is C10H19N3OS. The fourth-order valence-electron chi connectivity index (χ4n) is 1.70. The van der Waals surface area contributed by atoms with Gasteiger partial charge in [-0.2, -0.15) is 0 Å². The van der Waals surface area contributed by atoms with Gasteiger partial charge in [0.2, 0.25) is 0 Å². The number of amidine groups is 1. The molecule has 0 aromatic heterocycles. The summed E-state index contributed by atoms with van der Waals surface area (Å²) < 4.78 is 5.31. The maximum absolute atomic E-state index is 5.31. The van der Waals surface area contributed by atoms with E-state index in [-0.39, 0.29) is 0 Å². The quantitative estimate of drug-likeness (QED) is 0.760. The molecule has 15 heavy (non-hydrogen) atoms. The van der Waals surface area contributed by atoms with Crippen LogP contribution in [0.1, 0.15) is 6.42 Å². The van der Waals surface area contributed by atoms with Crippen molar-refractivity contribution in [2.24, 2.45) is 4.99 Å². The Morgan fingerprint density at radius 3 is 3.00 bits per heavy atom. The molecule has 1 N–H and O–H groups in total. The summed E-state index contributed by atoms with van der Waals surface area (Å²) in [5, 5.41) is 4.46. The van der Waals surface area contributed by atoms with Crippen LogP contribution in [0.2, 0.25) is 0 Å². The highest BCUT2D eigenvalue weighted by Crippen LogP contribution is 2.07. The van der Waals surface area contributed by atoms with Crippen LogP contribution >= 0.6 is 11.8 Å². The second-order valence-corrected chi connectivity index (χ2v) is 4.85. The van der Waals surface area contributed by atoms with Gasteiger partial charge in [-0.15, -0.1) is 0 Å². The van der Waals surface area contributed by atoms with Gasteiger partial charge in [-0.1, -0.05) is 11.8 Å². The van der Waals surface area contributed by atoms with Gasteiger partial charge in [-0.3, -0.25) is 9.89 Å². The second-order valence-electron chi connectivity index (χ2n) is 3.77. The van der Waals surface area contributed by atoms with Crippen LogP contribution in [0.3, 0.4) is 0 Å². The van der Waals surface area contributed by atoms with E-state index in [2.05, 4.69) is 15.2 Å². The molecule has 5 heteroatoms. The fraction of sp³-hybridized carbons (Fsp3) is 0.900. The average molecular weight is 229 g/mol. The molecule has 2 aliphatic rings. The highest BCUT2D eigenvalue weighted by atomic mass is 32.2. The van der Waals surface area contributed by atoms with Gasteiger partial charge < -0.3 is 10.1 Å². The molecular weight excluding hydrogens is 210 g/mol. The van der Waals surface area contributed by atoms with E-state index in [1.807, 2.05) is 11.8 Å². The Morgan fingerprint density at radius 2 is 2.27 bits per heavy atom. The summed E-state index contributed by atoms with van der Waals surface area (Å²) in [6, 6.07) is 0. The lowest BCUT2D eigenvalue weighted by Gasteiger charge is -2.26. The number of ether oxygens (including phenoxy) is 1. The number of nitrogens with one attached hydrogen (secondary N) is 1. The topological polar surface area (TPSA) is 36.9 Å². The van der Waals surface area contributed by atoms with Crippen molar-refractivity contribution >= 4 is 16.9 Å². The van der Waals surface area contributed by atoms with Crippen molar-refractivity contribution in [2.45, 2.75) is 6.42 Å². The molecule has 2 heterocycles. The first-order valence-corrected chi connectivity index (χ1v) is 6.65. The fourth-order valence-corrected chi connectivity index (χ4v) is 2.63. The predicted molar refractivity (Wildman–Crippen MR) is 64.6 cm³/mol. The summed E-state index contributed by atoms with van der Waals surface area (Å²) >= 11 is 1.85. The van der Waals surface area contributed by atoms with Crippen LogP contribution in [0.5, 0.6) is 0 Å². The minimum atomic E-state index is 0.893. The first-order valence-electron chi connectivity index (χ1n) is 5.66. The lowest BCUT2D eigenvalue weighted by molar-refractivity contribution is 0.0410. The van der Waals surface area contributed by atoms with Crippen LogP contribution in [0, 0.1) is 0 Å². The van der Waals surface area contributed by atoms with Gasteiger partial charge in [-0.25, -0.2) is 0 Å². The van der Waals surface area contributed by atoms with Crippen molar-refractivity contribution in [3.63, 3.8) is 0 Å². The van der Waals surface area contributed by atoms with Crippen LogP contribution < -0.4 is 5.32 Å². The van der Waals surface area contributed by atoms with E-state index in [4.69, 9.17) is 4.74 Å². The molecule has 1 fully saturated rings. The van der Waals surface area contributed by atoms with Crippen LogP contribution in [-0.4, -0.2) is 61.8 Å². The largest absolute Gasteiger partial charge is 0.379 e. The number of hydrogen-bond acceptors (Lipinski definition) is 5. The van der Waals surface area contributed by atoms with Crippen molar-refractivity contribution in [2.75, 3.05) is 51.7 Å². The zero-order chi connectivity index (χ0) is 10.3. The zero-order valence-corrected chi connectivity index (χ0v) is 9.89. The molecule has 0 radical (unpaired) electrons. The summed E-state index contributed by atoms with van der Waals surface area (Å²) in [6.45, 7) is 7.18. The normalized spacial score (nSPS) is 23.3. The van der Waals surface area contributed by atoms with Crippen LogP contribution in [0.25, 0.3) is 0 Å². The number of aliphatic imine (C=N–C) groups is 1. The molecule has 0 aliphatic carbocycles. The summed E-state index contributed by atoms with van der Waals surface area (Å²) in [4.78, 5) is 6.90. The molecule has 0 atom stereocenters. The van der Waals surface area contributed by atoms with Gasteiger partial charge in [0.25, 0.3) is 0 Å². The van der Waals surface area contributed by atoms with Gasteiger partial charge in [0.15, 0.2) is 5.17 Å². The number of nitrogens with zero attached hydrogens (tertiary/aromatic N) is 2. The molecule has 4 nitrogen and oxygen atoms in total. The smallest absolute Gasteiger partial charge is 0.156 e. The molecule has 0 unspecified atom stereocenters. The Bertz CT molecular complexity index is 217. The Balaban J connectivity index is 1.59. The maximum atomic E-state index is 5.31. The van der Waals surface area contributed by atoms with Gasteiger partial charge in [0.05, 0.1) is 13.2 Å². The number of morpholine rings is 1. The number of thioether (sulfide) groups is 1. The lowest BCUT2D eigenvalue weighted by Crippen LogP contribution is -2.38. The van der Waals surface area contributed by atoms with Crippen LogP contribution in [0.4, 0.5) is 0 Å². The van der Waals surface area contributed by atoms with E-state index >= 15 is 0 Å². The Morgan fingerprint density at radius 1 is 1.40 bits per heavy atom. The first kappa shape index (κ1) is 11.2. The van der Waals surface area contributed by atoms with Crippen molar-refractivity contribution in [1.29, 1.82) is 0 Å². The minimum Gasteiger partial charge on any atom is -0.379 e. The molecule has 86 valence electrons. The Hall–Kier alpha value is -0.260. The van der Waals surface area contributed by atoms with E-state index in [0.717, 1.165) is 56.9 Å². The first-order chi connectivity index (χ1) is 7.45. The van der Waals surface area contributed by atoms with Gasteiger partial charge in [0, 0.05) is 38.5 Å². The monoisotopic (exact) mass is 229 g/mol. The van der Waals surface area contributed by atoms with Gasteiger partial charge in [0.1, 0.15) is 0 Å². The van der Waals surface area contributed by atoms with Crippen LogP contribution in [0.15, 0.2) is 4.99 Å². The van der Waals surface area contributed by atoms with Gasteiger partial charge >= 0.3 is 0 Å². The highest BCUT2D eigenvalue weighted by molar-refractivity contribution is 8.13. The molecule has 0 saturated carbocycles. The summed E-state index contributed by atoms with van der Waals surface area (Å²) in [7, 11) is 0. The second kappa shape index (κ2) is 6.35. The average Bonchev–Trinajstić information content (AvgIpc) is 2.32. The SMILES string of the molecule is C1CN=C(SCCN2CCOCC2)NC1. The predicted octanol–water partition coefficient (Wildman–Crippen LogP) is 0.401. The Labute approximate surface area is 95.5 Å². The molecule has 0 amide bonds. The van der Waals surface area contributed by atoms with E-state index in [1.165, 1.54) is 6.42 Å². The maximum Gasteiger partial charge on any atom is 0.156 e.